The van der Waals surface area contributed by atoms with Gasteiger partial charge in [0.25, 0.3) is 11.1 Å². The van der Waals surface area contributed by atoms with Gasteiger partial charge in [-0.25, -0.2) is 9.59 Å². The summed E-state index contributed by atoms with van der Waals surface area (Å²) in [5, 5.41) is 3.02. The van der Waals surface area contributed by atoms with Crippen molar-refractivity contribution in [3.8, 4) is 0 Å². The predicted octanol–water partition coefficient (Wildman–Crippen LogP) is 3.91. The van der Waals surface area contributed by atoms with Crippen LogP contribution in [0.4, 0.5) is 0 Å². The lowest BCUT2D eigenvalue weighted by atomic mass is 10.1. The van der Waals surface area contributed by atoms with Crippen molar-refractivity contribution in [3.63, 3.8) is 0 Å². The van der Waals surface area contributed by atoms with Crippen molar-refractivity contribution in [3.05, 3.63) is 65.2 Å². The molecule has 286 valence electrons. The average molecular weight is 768 g/mol. The van der Waals surface area contributed by atoms with E-state index in [-0.39, 0.29) is 34.4 Å². The van der Waals surface area contributed by atoms with Gasteiger partial charge in [-0.2, -0.15) is 0 Å². The lowest BCUT2D eigenvalue weighted by molar-refractivity contribution is -0.119. The molecule has 0 radical (unpaired) electrons. The Balaban J connectivity index is 1.47. The molecule has 1 amide bonds. The molecule has 17 heteroatoms. The van der Waals surface area contributed by atoms with Crippen LogP contribution < -0.4 is 27.8 Å². The van der Waals surface area contributed by atoms with Gasteiger partial charge in [0.15, 0.2) is 16.6 Å². The molecular formula is C34H57N5O9SSi2. The smallest absolute Gasteiger partial charge is 0.330 e. The van der Waals surface area contributed by atoms with E-state index in [4.69, 9.17) is 18.3 Å². The van der Waals surface area contributed by atoms with Gasteiger partial charge in [0, 0.05) is 42.1 Å². The fourth-order valence-corrected chi connectivity index (χ4v) is 8.82. The number of H-pyrrole nitrogens is 2. The van der Waals surface area contributed by atoms with Crippen LogP contribution in [0.1, 0.15) is 78.0 Å². The van der Waals surface area contributed by atoms with Gasteiger partial charge in [0.2, 0.25) is 5.91 Å². The number of hydrogen-bond acceptors (Lipinski definition) is 10. The fraction of sp³-hybridized carbons (Fsp3) is 0.735. The van der Waals surface area contributed by atoms with Gasteiger partial charge in [-0.15, -0.1) is 11.8 Å². The summed E-state index contributed by atoms with van der Waals surface area (Å²) < 4.78 is 28.8. The lowest BCUT2D eigenvalue weighted by Crippen LogP contribution is -2.47. The summed E-state index contributed by atoms with van der Waals surface area (Å²) >= 11 is 1.40. The summed E-state index contributed by atoms with van der Waals surface area (Å²) in [5.41, 5.74) is -1.23. The van der Waals surface area contributed by atoms with Crippen molar-refractivity contribution >= 4 is 34.3 Å². The minimum absolute atomic E-state index is 0.0365. The molecule has 0 saturated carbocycles. The van der Waals surface area contributed by atoms with E-state index in [1.54, 1.807) is 13.8 Å². The zero-order valence-corrected chi connectivity index (χ0v) is 34.9. The highest BCUT2D eigenvalue weighted by Crippen LogP contribution is 2.42. The van der Waals surface area contributed by atoms with Crippen molar-refractivity contribution in [2.75, 3.05) is 18.1 Å². The van der Waals surface area contributed by atoms with Crippen LogP contribution in [-0.2, 0) is 23.1 Å². The lowest BCUT2D eigenvalue weighted by Gasteiger charge is -2.39. The molecular weight excluding hydrogens is 711 g/mol. The standard InChI is InChI=1S/C34H57N5O9SSi2/c1-20-15-38(31(43)36-29(20)41)27-13-22(24(46-27)17-45-50(9,10)33(3,4)5)35-26(40)19-49-18-25-23(48-51(11,12)34(6,7)8)14-28(47-25)39-16-21(2)30(42)37-32(39)44/h15-16,22-25,27-28H,13-14,17-19H2,1-12H3,(H,35,40)(H,36,41,43)(H,37,42,44)/t22-,23-,24+,25+,27+,28+/m0/s1. The third kappa shape index (κ3) is 9.72. The van der Waals surface area contributed by atoms with Gasteiger partial charge in [0.05, 0.1) is 30.6 Å². The Morgan fingerprint density at radius 1 is 0.843 bits per heavy atom. The summed E-state index contributed by atoms with van der Waals surface area (Å²) in [6.07, 6.45) is 1.18. The van der Waals surface area contributed by atoms with E-state index in [0.29, 0.717) is 29.7 Å². The molecule has 2 aliphatic heterocycles. The number of thioether (sulfide) groups is 1. The first-order valence-electron chi connectivity index (χ1n) is 17.5. The molecule has 3 N–H and O–H groups in total. The van der Waals surface area contributed by atoms with Crippen molar-refractivity contribution in [1.29, 1.82) is 0 Å². The molecule has 51 heavy (non-hydrogen) atoms. The Hall–Kier alpha value is -2.55. The van der Waals surface area contributed by atoms with Crippen molar-refractivity contribution in [2.45, 2.75) is 141 Å². The minimum Gasteiger partial charge on any atom is -0.414 e. The van der Waals surface area contributed by atoms with Crippen molar-refractivity contribution in [2.24, 2.45) is 0 Å². The third-order valence-electron chi connectivity index (χ3n) is 10.9. The largest absolute Gasteiger partial charge is 0.414 e. The Labute approximate surface area is 305 Å². The van der Waals surface area contributed by atoms with Crippen molar-refractivity contribution < 1.29 is 23.1 Å². The molecule has 2 saturated heterocycles. The highest BCUT2D eigenvalue weighted by molar-refractivity contribution is 8.00. The SMILES string of the molecule is Cc1cn([C@H]2C[C@H](NC(=O)CSC[C@H]3O[C@@H](n4cc(C)c(=O)[nH]c4=O)C[C@@H]3O[Si](C)(C)C(C)(C)C)[C@@H](CO[Si](C)(C)C(C)(C)C)O2)c(=O)[nH]c1=O. The number of rotatable bonds is 12. The molecule has 0 spiro atoms. The predicted molar refractivity (Wildman–Crippen MR) is 204 cm³/mol. The molecule has 2 aromatic rings. The highest BCUT2D eigenvalue weighted by atomic mass is 32.2. The van der Waals surface area contributed by atoms with Gasteiger partial charge < -0.3 is 23.6 Å². The summed E-state index contributed by atoms with van der Waals surface area (Å²) in [6, 6.07) is -0.441. The number of amides is 1. The molecule has 14 nitrogen and oxygen atoms in total. The average Bonchev–Trinajstić information content (AvgIpc) is 3.57. The van der Waals surface area contributed by atoms with Crippen LogP contribution in [0.2, 0.25) is 36.3 Å². The normalized spacial score (nSPS) is 24.6. The first-order valence-corrected chi connectivity index (χ1v) is 24.5. The second kappa shape index (κ2) is 15.4. The molecule has 2 aliphatic rings. The second-order valence-corrected chi connectivity index (χ2v) is 27.5. The number of aromatic amines is 2. The van der Waals surface area contributed by atoms with Gasteiger partial charge in [-0.1, -0.05) is 41.5 Å². The van der Waals surface area contributed by atoms with Gasteiger partial charge in [-0.05, 0) is 50.1 Å². The Kier molecular flexibility index (Phi) is 12.5. The van der Waals surface area contributed by atoms with E-state index in [1.165, 1.54) is 33.3 Å². The molecule has 4 heterocycles. The molecule has 2 aromatic heterocycles. The number of carbonyl (C=O) groups excluding carboxylic acids is 1. The maximum Gasteiger partial charge on any atom is 0.330 e. The number of nitrogens with one attached hydrogen (secondary N) is 3. The minimum atomic E-state index is -2.23. The van der Waals surface area contributed by atoms with E-state index < -0.39 is 69.8 Å². The summed E-state index contributed by atoms with van der Waals surface area (Å²) in [7, 11) is -4.39. The maximum absolute atomic E-state index is 13.4. The van der Waals surface area contributed by atoms with Crippen LogP contribution in [0.5, 0.6) is 0 Å². The number of carbonyl (C=O) groups is 1. The van der Waals surface area contributed by atoms with Crippen LogP contribution in [-0.4, -0.2) is 84.1 Å². The quantitative estimate of drug-likeness (QED) is 0.269. The molecule has 0 aliphatic carbocycles. The Morgan fingerprint density at radius 3 is 1.84 bits per heavy atom. The van der Waals surface area contributed by atoms with Crippen molar-refractivity contribution in [1.82, 2.24) is 24.4 Å². The molecule has 4 rings (SSSR count). The fourth-order valence-electron chi connectivity index (χ4n) is 5.53. The third-order valence-corrected chi connectivity index (χ3v) is 20.9. The van der Waals surface area contributed by atoms with E-state index in [1.807, 2.05) is 0 Å². The molecule has 6 atom stereocenters. The van der Waals surface area contributed by atoms with Crippen LogP contribution in [0.25, 0.3) is 0 Å². The van der Waals surface area contributed by atoms with Crippen LogP contribution in [0.15, 0.2) is 31.6 Å². The maximum atomic E-state index is 13.4. The molecule has 0 bridgehead atoms. The van der Waals surface area contributed by atoms with E-state index >= 15 is 0 Å². The first-order chi connectivity index (χ1) is 23.4. The van der Waals surface area contributed by atoms with E-state index in [0.717, 1.165) is 0 Å². The number of aromatic nitrogens is 4. The van der Waals surface area contributed by atoms with Crippen LogP contribution in [0.3, 0.4) is 0 Å². The number of ether oxygens (including phenoxy) is 2. The summed E-state index contributed by atoms with van der Waals surface area (Å²) in [6.45, 7) is 25.0. The van der Waals surface area contributed by atoms with Crippen LogP contribution >= 0.6 is 11.8 Å². The molecule has 2 fully saturated rings. The van der Waals surface area contributed by atoms with Gasteiger partial charge >= 0.3 is 11.4 Å². The summed E-state index contributed by atoms with van der Waals surface area (Å²) in [5.74, 6) is 0.359. The van der Waals surface area contributed by atoms with E-state index in [9.17, 15) is 24.0 Å². The summed E-state index contributed by atoms with van der Waals surface area (Å²) in [4.78, 5) is 67.6. The number of aryl methyl sites for hydroxylation is 2. The Morgan fingerprint density at radius 2 is 1.33 bits per heavy atom. The second-order valence-electron chi connectivity index (χ2n) is 16.9. The topological polar surface area (TPSA) is 176 Å². The van der Waals surface area contributed by atoms with Gasteiger partial charge in [0.1, 0.15) is 18.6 Å². The van der Waals surface area contributed by atoms with Gasteiger partial charge in [-0.3, -0.25) is 33.5 Å². The Bertz CT molecular complexity index is 1810. The van der Waals surface area contributed by atoms with Crippen LogP contribution in [0, 0.1) is 13.8 Å². The zero-order chi connectivity index (χ0) is 38.3. The highest BCUT2D eigenvalue weighted by Gasteiger charge is 2.46. The monoisotopic (exact) mass is 767 g/mol. The number of hydrogen-bond donors (Lipinski definition) is 3. The number of nitrogens with zero attached hydrogens (tertiary/aromatic N) is 2. The first kappa shape index (κ1) is 41.2. The van der Waals surface area contributed by atoms with E-state index in [2.05, 4.69) is 83.0 Å². The zero-order valence-electron chi connectivity index (χ0n) is 32.1. The molecule has 0 aromatic carbocycles. The molecule has 0 unspecified atom stereocenters.